The van der Waals surface area contributed by atoms with Gasteiger partial charge in [-0.25, -0.2) is 4.79 Å². The largest absolute Gasteiger partial charge is 0.474 e. The maximum Gasteiger partial charge on any atom is 0.338 e. The lowest BCUT2D eigenvalue weighted by molar-refractivity contribution is -0.386. The van der Waals surface area contributed by atoms with E-state index in [4.69, 9.17) is 21.6 Å². The number of methoxy groups -OCH3 is 1. The Labute approximate surface area is 164 Å². The molecule has 0 heterocycles. The summed E-state index contributed by atoms with van der Waals surface area (Å²) in [4.78, 5) is 34.4. The maximum absolute atomic E-state index is 12.3. The van der Waals surface area contributed by atoms with Crippen LogP contribution in [-0.2, 0) is 9.53 Å². The third-order valence-electron chi connectivity index (χ3n) is 3.61. The van der Waals surface area contributed by atoms with E-state index in [0.717, 1.165) is 13.2 Å². The van der Waals surface area contributed by atoms with Gasteiger partial charge in [-0.1, -0.05) is 11.6 Å². The number of hydrogen-bond acceptors (Lipinski definition) is 7. The highest BCUT2D eigenvalue weighted by molar-refractivity contribution is 6.32. The summed E-state index contributed by atoms with van der Waals surface area (Å²) in [5.74, 6) is -1.51. The van der Waals surface area contributed by atoms with E-state index in [1.165, 1.54) is 37.3 Å². The van der Waals surface area contributed by atoms with Crippen LogP contribution in [-0.4, -0.2) is 30.0 Å². The lowest BCUT2D eigenvalue weighted by atomic mass is 10.2. The molecule has 0 saturated carbocycles. The van der Waals surface area contributed by atoms with Crippen molar-refractivity contribution >= 4 is 34.9 Å². The van der Waals surface area contributed by atoms with Crippen LogP contribution in [0.1, 0.15) is 22.8 Å². The topological polar surface area (TPSA) is 132 Å². The van der Waals surface area contributed by atoms with Crippen molar-refractivity contribution in [3.63, 3.8) is 0 Å². The minimum atomic E-state index is -1.10. The molecule has 1 N–H and O–H groups in total. The predicted molar refractivity (Wildman–Crippen MR) is 99.3 cm³/mol. The Morgan fingerprint density at radius 1 is 1.29 bits per heavy atom. The van der Waals surface area contributed by atoms with Gasteiger partial charge in [0, 0.05) is 11.8 Å². The Morgan fingerprint density at radius 3 is 2.57 bits per heavy atom. The summed E-state index contributed by atoms with van der Waals surface area (Å²) in [7, 11) is 1.15. The number of nitro benzene ring substituents is 1. The number of nitrogens with one attached hydrogen (secondary N) is 1. The van der Waals surface area contributed by atoms with Crippen molar-refractivity contribution in [1.29, 1.82) is 5.26 Å². The molecule has 0 fully saturated rings. The minimum Gasteiger partial charge on any atom is -0.474 e. The van der Waals surface area contributed by atoms with Gasteiger partial charge in [0.25, 0.3) is 5.91 Å². The van der Waals surface area contributed by atoms with Gasteiger partial charge in [-0.2, -0.15) is 5.26 Å². The van der Waals surface area contributed by atoms with Crippen molar-refractivity contribution < 1.29 is 24.0 Å². The second-order valence-corrected chi connectivity index (χ2v) is 5.89. The van der Waals surface area contributed by atoms with Crippen LogP contribution in [0.5, 0.6) is 5.75 Å². The minimum absolute atomic E-state index is 0.0223. The lowest BCUT2D eigenvalue weighted by Crippen LogP contribution is -2.30. The van der Waals surface area contributed by atoms with Crippen LogP contribution in [0.15, 0.2) is 36.4 Å². The summed E-state index contributed by atoms with van der Waals surface area (Å²) in [5.41, 5.74) is 0.0834. The van der Waals surface area contributed by atoms with Crippen LogP contribution in [0.3, 0.4) is 0 Å². The first-order valence-electron chi connectivity index (χ1n) is 7.80. The van der Waals surface area contributed by atoms with Gasteiger partial charge in [-0.3, -0.25) is 14.9 Å². The second kappa shape index (κ2) is 8.83. The Hall–Kier alpha value is -3.64. The molecule has 9 nitrogen and oxygen atoms in total. The monoisotopic (exact) mass is 403 g/mol. The Morgan fingerprint density at radius 2 is 2.00 bits per heavy atom. The zero-order valence-corrected chi connectivity index (χ0v) is 15.5. The van der Waals surface area contributed by atoms with Crippen LogP contribution >= 0.6 is 11.6 Å². The first kappa shape index (κ1) is 20.7. The molecule has 28 heavy (non-hydrogen) atoms. The lowest BCUT2D eigenvalue weighted by Gasteiger charge is -2.15. The summed E-state index contributed by atoms with van der Waals surface area (Å²) in [6.07, 6.45) is -1.10. The molecule has 2 rings (SSSR count). The van der Waals surface area contributed by atoms with Crippen molar-refractivity contribution in [2.45, 2.75) is 13.0 Å². The van der Waals surface area contributed by atoms with E-state index in [1.807, 2.05) is 6.07 Å². The van der Waals surface area contributed by atoms with Crippen molar-refractivity contribution in [1.82, 2.24) is 0 Å². The number of nitro groups is 1. The summed E-state index contributed by atoms with van der Waals surface area (Å²) in [6.45, 7) is 1.40. The fraction of sp³-hybridized carbons (Fsp3) is 0.167. The van der Waals surface area contributed by atoms with Gasteiger partial charge >= 0.3 is 11.7 Å². The molecule has 10 heteroatoms. The van der Waals surface area contributed by atoms with Gasteiger partial charge in [0.15, 0.2) is 11.9 Å². The molecule has 1 amide bonds. The van der Waals surface area contributed by atoms with Gasteiger partial charge in [0.1, 0.15) is 6.07 Å². The van der Waals surface area contributed by atoms with Gasteiger partial charge in [-0.15, -0.1) is 0 Å². The average molecular weight is 404 g/mol. The molecule has 1 atom stereocenters. The number of hydrogen-bond donors (Lipinski definition) is 1. The summed E-state index contributed by atoms with van der Waals surface area (Å²) in [6, 6.07) is 9.74. The molecular weight excluding hydrogens is 390 g/mol. The van der Waals surface area contributed by atoms with Crippen LogP contribution in [0.2, 0.25) is 5.02 Å². The fourth-order valence-corrected chi connectivity index (χ4v) is 2.40. The highest BCUT2D eigenvalue weighted by Crippen LogP contribution is 2.29. The van der Waals surface area contributed by atoms with Crippen LogP contribution in [0, 0.1) is 21.4 Å². The number of ether oxygens (including phenoxy) is 2. The highest BCUT2D eigenvalue weighted by Gasteiger charge is 2.23. The smallest absolute Gasteiger partial charge is 0.338 e. The molecule has 0 saturated heterocycles. The van der Waals surface area contributed by atoms with E-state index in [0.29, 0.717) is 5.69 Å². The van der Waals surface area contributed by atoms with Gasteiger partial charge in [-0.05, 0) is 37.3 Å². The van der Waals surface area contributed by atoms with Crippen LogP contribution in [0.4, 0.5) is 11.4 Å². The quantitative estimate of drug-likeness (QED) is 0.444. The first-order chi connectivity index (χ1) is 13.3. The molecule has 0 aliphatic heterocycles. The molecule has 2 aromatic rings. The van der Waals surface area contributed by atoms with Crippen molar-refractivity contribution in [2.75, 3.05) is 12.4 Å². The van der Waals surface area contributed by atoms with E-state index in [-0.39, 0.29) is 21.9 Å². The third kappa shape index (κ3) is 4.75. The molecular formula is C18H14ClN3O6. The number of halogens is 1. The molecule has 0 aromatic heterocycles. The van der Waals surface area contributed by atoms with Crippen molar-refractivity contribution in [2.24, 2.45) is 0 Å². The van der Waals surface area contributed by atoms with E-state index < -0.39 is 28.6 Å². The molecule has 0 bridgehead atoms. The summed E-state index contributed by atoms with van der Waals surface area (Å²) < 4.78 is 9.92. The number of carbonyl (C=O) groups is 2. The highest BCUT2D eigenvalue weighted by atomic mass is 35.5. The normalized spacial score (nSPS) is 11.1. The Kier molecular flexibility index (Phi) is 6.52. The first-order valence-corrected chi connectivity index (χ1v) is 8.18. The Balaban J connectivity index is 2.17. The van der Waals surface area contributed by atoms with Gasteiger partial charge < -0.3 is 14.8 Å². The summed E-state index contributed by atoms with van der Waals surface area (Å²) >= 11 is 5.91. The van der Waals surface area contributed by atoms with Crippen molar-refractivity contribution in [3.8, 4) is 11.8 Å². The maximum atomic E-state index is 12.3. The molecule has 0 aliphatic carbocycles. The number of benzene rings is 2. The van der Waals surface area contributed by atoms with E-state index in [9.17, 15) is 19.7 Å². The number of anilines is 1. The van der Waals surface area contributed by atoms with Crippen LogP contribution in [0.25, 0.3) is 0 Å². The number of nitrogens with zero attached hydrogens (tertiary/aromatic N) is 2. The standard InChI is InChI=1S/C18H14ClN3O6/c1-10(17(23)21-13-5-3-12(9-20)14(19)8-13)28-16-6-4-11(18(24)27-2)7-15(16)22(25)26/h3-8,10H,1-2H3,(H,21,23)/t10-/m0/s1. The average Bonchev–Trinajstić information content (AvgIpc) is 2.67. The molecule has 0 spiro atoms. The molecule has 2 aromatic carbocycles. The number of carbonyl (C=O) groups excluding carboxylic acids is 2. The third-order valence-corrected chi connectivity index (χ3v) is 3.92. The molecule has 144 valence electrons. The predicted octanol–water partition coefficient (Wildman–Crippen LogP) is 3.31. The summed E-state index contributed by atoms with van der Waals surface area (Å²) in [5, 5.41) is 22.8. The van der Waals surface area contributed by atoms with E-state index in [1.54, 1.807) is 0 Å². The molecule has 0 aliphatic rings. The van der Waals surface area contributed by atoms with Crippen LogP contribution < -0.4 is 10.1 Å². The zero-order valence-electron chi connectivity index (χ0n) is 14.8. The van der Waals surface area contributed by atoms with Gasteiger partial charge in [0.2, 0.25) is 0 Å². The zero-order chi connectivity index (χ0) is 20.8. The SMILES string of the molecule is COC(=O)c1ccc(O[C@@H](C)C(=O)Nc2ccc(C#N)c(Cl)c2)c([N+](=O)[O-])c1. The number of esters is 1. The molecule has 0 unspecified atom stereocenters. The van der Waals surface area contributed by atoms with Gasteiger partial charge in [0.05, 0.1) is 28.2 Å². The number of rotatable bonds is 6. The number of amides is 1. The second-order valence-electron chi connectivity index (χ2n) is 5.49. The fourth-order valence-electron chi connectivity index (χ4n) is 2.18. The van der Waals surface area contributed by atoms with Crippen molar-refractivity contribution in [3.05, 3.63) is 62.7 Å². The number of nitriles is 1. The molecule has 0 radical (unpaired) electrons. The van der Waals surface area contributed by atoms with E-state index >= 15 is 0 Å². The van der Waals surface area contributed by atoms with E-state index in [2.05, 4.69) is 10.1 Å². The Bertz CT molecular complexity index is 986.